The number of nitrogens with one attached hydrogen (secondary N) is 1. The van der Waals surface area contributed by atoms with Gasteiger partial charge in [0.2, 0.25) is 17.6 Å². The molecule has 0 fully saturated rings. The van der Waals surface area contributed by atoms with Crippen molar-refractivity contribution >= 4 is 23.2 Å². The first-order valence-electron chi connectivity index (χ1n) is 8.37. The normalized spacial score (nSPS) is 11.4. The number of nitrogens with zero attached hydrogens (tertiary/aromatic N) is 2. The molecular weight excluding hydrogens is 395 g/mol. The largest absolute Gasteiger partial charge is 0.416 e. The number of benzene rings is 2. The first-order valence-corrected chi connectivity index (χ1v) is 8.75. The summed E-state index contributed by atoms with van der Waals surface area (Å²) >= 11 is 5.83. The average molecular weight is 410 g/mol. The third-order valence-electron chi connectivity index (χ3n) is 3.84. The molecule has 3 rings (SSSR count). The molecule has 0 bridgehead atoms. The van der Waals surface area contributed by atoms with E-state index < -0.39 is 17.6 Å². The minimum Gasteiger partial charge on any atom is -0.339 e. The minimum absolute atomic E-state index is 0.0997. The molecule has 0 unspecified atom stereocenters. The van der Waals surface area contributed by atoms with Gasteiger partial charge in [0.1, 0.15) is 0 Å². The van der Waals surface area contributed by atoms with Gasteiger partial charge in [-0.2, -0.15) is 18.2 Å². The highest BCUT2D eigenvalue weighted by molar-refractivity contribution is 6.30. The zero-order valence-electron chi connectivity index (χ0n) is 14.5. The van der Waals surface area contributed by atoms with Gasteiger partial charge in [-0.15, -0.1) is 0 Å². The van der Waals surface area contributed by atoms with E-state index in [2.05, 4.69) is 15.5 Å². The number of anilines is 1. The van der Waals surface area contributed by atoms with E-state index in [-0.39, 0.29) is 12.1 Å². The van der Waals surface area contributed by atoms with Crippen molar-refractivity contribution in [3.8, 4) is 11.4 Å². The molecule has 1 heterocycles. The van der Waals surface area contributed by atoms with Gasteiger partial charge in [-0.25, -0.2) is 0 Å². The predicted molar refractivity (Wildman–Crippen MR) is 97.8 cm³/mol. The van der Waals surface area contributed by atoms with Crippen LogP contribution in [0.4, 0.5) is 18.9 Å². The Labute approximate surface area is 163 Å². The van der Waals surface area contributed by atoms with Gasteiger partial charge in [0.05, 0.1) is 5.56 Å². The lowest BCUT2D eigenvalue weighted by Crippen LogP contribution is -2.13. The second-order valence-corrected chi connectivity index (χ2v) is 6.44. The summed E-state index contributed by atoms with van der Waals surface area (Å²) in [6.07, 6.45) is -3.57. The molecule has 146 valence electrons. The number of hydrogen-bond acceptors (Lipinski definition) is 4. The molecule has 0 spiro atoms. The van der Waals surface area contributed by atoms with Gasteiger partial charge in [0.25, 0.3) is 0 Å². The molecule has 5 nitrogen and oxygen atoms in total. The lowest BCUT2D eigenvalue weighted by atomic mass is 10.2. The van der Waals surface area contributed by atoms with Crippen molar-refractivity contribution in [2.24, 2.45) is 0 Å². The number of aryl methyl sites for hydroxylation is 1. The Morgan fingerprint density at radius 3 is 2.61 bits per heavy atom. The number of amides is 1. The van der Waals surface area contributed by atoms with Crippen LogP contribution in [0.2, 0.25) is 5.02 Å². The maximum Gasteiger partial charge on any atom is 0.416 e. The van der Waals surface area contributed by atoms with Gasteiger partial charge in [-0.05, 0) is 48.9 Å². The Hall–Kier alpha value is -2.87. The second-order valence-electron chi connectivity index (χ2n) is 6.00. The monoisotopic (exact) mass is 409 g/mol. The van der Waals surface area contributed by atoms with Crippen LogP contribution in [-0.2, 0) is 17.4 Å². The van der Waals surface area contributed by atoms with Crippen molar-refractivity contribution in [2.75, 3.05) is 5.32 Å². The summed E-state index contributed by atoms with van der Waals surface area (Å²) < 4.78 is 43.2. The molecule has 1 aromatic heterocycles. The number of halogens is 4. The molecule has 0 aliphatic carbocycles. The van der Waals surface area contributed by atoms with Crippen molar-refractivity contribution in [1.29, 1.82) is 0 Å². The molecule has 0 radical (unpaired) electrons. The summed E-state index contributed by atoms with van der Waals surface area (Å²) in [5.41, 5.74) is 0.0372. The van der Waals surface area contributed by atoms with E-state index >= 15 is 0 Å². The molecule has 0 aliphatic heterocycles. The molecule has 0 aliphatic rings. The number of aromatic nitrogens is 2. The predicted octanol–water partition coefficient (Wildman–Crippen LogP) is 5.37. The summed E-state index contributed by atoms with van der Waals surface area (Å²) in [7, 11) is 0. The Bertz CT molecular complexity index is 956. The summed E-state index contributed by atoms with van der Waals surface area (Å²) in [5, 5.41) is 6.93. The van der Waals surface area contributed by atoms with Crippen LogP contribution < -0.4 is 5.32 Å². The summed E-state index contributed by atoms with van der Waals surface area (Å²) in [6.45, 7) is 0. The molecule has 2 aromatic carbocycles. The average Bonchev–Trinajstić information content (AvgIpc) is 3.11. The van der Waals surface area contributed by atoms with Gasteiger partial charge in [0, 0.05) is 29.1 Å². The molecule has 28 heavy (non-hydrogen) atoms. The molecule has 9 heteroatoms. The van der Waals surface area contributed by atoms with E-state index in [4.69, 9.17) is 16.1 Å². The fraction of sp³-hybridized carbons (Fsp3) is 0.211. The van der Waals surface area contributed by atoms with Crippen molar-refractivity contribution in [2.45, 2.75) is 25.4 Å². The zero-order valence-corrected chi connectivity index (χ0v) is 15.2. The van der Waals surface area contributed by atoms with E-state index in [1.54, 1.807) is 24.3 Å². The quantitative estimate of drug-likeness (QED) is 0.594. The lowest BCUT2D eigenvalue weighted by Gasteiger charge is -2.09. The van der Waals surface area contributed by atoms with Crippen molar-refractivity contribution < 1.29 is 22.5 Å². The van der Waals surface area contributed by atoms with E-state index in [9.17, 15) is 18.0 Å². The molecule has 1 N–H and O–H groups in total. The Morgan fingerprint density at radius 1 is 1.14 bits per heavy atom. The van der Waals surface area contributed by atoms with Gasteiger partial charge < -0.3 is 9.84 Å². The topological polar surface area (TPSA) is 68.0 Å². The summed E-state index contributed by atoms with van der Waals surface area (Å²) in [6, 6.07) is 11.4. The van der Waals surface area contributed by atoms with Crippen molar-refractivity contribution in [1.82, 2.24) is 10.1 Å². The van der Waals surface area contributed by atoms with Crippen LogP contribution >= 0.6 is 11.6 Å². The number of carbonyl (C=O) groups excluding carboxylic acids is 1. The lowest BCUT2D eigenvalue weighted by molar-refractivity contribution is -0.137. The van der Waals surface area contributed by atoms with Crippen LogP contribution in [0.3, 0.4) is 0 Å². The molecule has 0 saturated heterocycles. The van der Waals surface area contributed by atoms with Gasteiger partial charge in [-0.3, -0.25) is 4.79 Å². The number of carbonyl (C=O) groups is 1. The Morgan fingerprint density at radius 2 is 1.89 bits per heavy atom. The highest BCUT2D eigenvalue weighted by Crippen LogP contribution is 2.30. The standard InChI is InChI=1S/C19H15ClF3N3O2/c20-14-9-7-12(8-10-14)18-25-17(28-26-18)6-2-5-16(27)24-15-4-1-3-13(11-15)19(21,22)23/h1,3-4,7-11H,2,5-6H2,(H,24,27). The van der Waals surface area contributed by atoms with Gasteiger partial charge in [0.15, 0.2) is 0 Å². The maximum absolute atomic E-state index is 12.7. The van der Waals surface area contributed by atoms with E-state index in [1.165, 1.54) is 12.1 Å². The third-order valence-corrected chi connectivity index (χ3v) is 4.09. The van der Waals surface area contributed by atoms with Crippen LogP contribution in [-0.4, -0.2) is 16.0 Å². The number of alkyl halides is 3. The molecular formula is C19H15ClF3N3O2. The third kappa shape index (κ3) is 5.32. The molecule has 0 atom stereocenters. The van der Waals surface area contributed by atoms with Crippen LogP contribution in [0.15, 0.2) is 53.1 Å². The Kier molecular flexibility index (Phi) is 5.99. The minimum atomic E-state index is -4.46. The van der Waals surface area contributed by atoms with Crippen LogP contribution in [0.5, 0.6) is 0 Å². The number of hydrogen-bond donors (Lipinski definition) is 1. The van der Waals surface area contributed by atoms with E-state index in [0.717, 1.165) is 17.7 Å². The molecule has 3 aromatic rings. The summed E-state index contributed by atoms with van der Waals surface area (Å²) in [5.74, 6) is 0.397. The van der Waals surface area contributed by atoms with Crippen molar-refractivity contribution in [3.05, 3.63) is 65.0 Å². The fourth-order valence-corrected chi connectivity index (χ4v) is 2.60. The van der Waals surface area contributed by atoms with Crippen LogP contribution in [0.25, 0.3) is 11.4 Å². The molecule has 0 saturated carbocycles. The first kappa shape index (κ1) is 19.9. The first-order chi connectivity index (χ1) is 13.3. The Balaban J connectivity index is 1.50. The number of rotatable bonds is 6. The van der Waals surface area contributed by atoms with Crippen LogP contribution in [0.1, 0.15) is 24.3 Å². The smallest absolute Gasteiger partial charge is 0.339 e. The van der Waals surface area contributed by atoms with Gasteiger partial charge >= 0.3 is 6.18 Å². The second kappa shape index (κ2) is 8.43. The molecule has 1 amide bonds. The van der Waals surface area contributed by atoms with Gasteiger partial charge in [-0.1, -0.05) is 22.8 Å². The fourth-order valence-electron chi connectivity index (χ4n) is 2.47. The van der Waals surface area contributed by atoms with Crippen molar-refractivity contribution in [3.63, 3.8) is 0 Å². The highest BCUT2D eigenvalue weighted by atomic mass is 35.5. The zero-order chi connectivity index (χ0) is 20.1. The SMILES string of the molecule is O=C(CCCc1nc(-c2ccc(Cl)cc2)no1)Nc1cccc(C(F)(F)F)c1. The maximum atomic E-state index is 12.7. The highest BCUT2D eigenvalue weighted by Gasteiger charge is 2.30. The van der Waals surface area contributed by atoms with Crippen LogP contribution in [0, 0.1) is 0 Å². The van der Waals surface area contributed by atoms with E-state index in [0.29, 0.717) is 29.6 Å². The summed E-state index contributed by atoms with van der Waals surface area (Å²) in [4.78, 5) is 16.2. The van der Waals surface area contributed by atoms with E-state index in [1.807, 2.05) is 0 Å².